The van der Waals surface area contributed by atoms with Crippen LogP contribution in [-0.2, 0) is 16.0 Å². The monoisotopic (exact) mass is 347 g/mol. The van der Waals surface area contributed by atoms with Crippen LogP contribution in [0.2, 0.25) is 0 Å². The Hall–Kier alpha value is -2.92. The van der Waals surface area contributed by atoms with E-state index in [1.165, 1.54) is 5.56 Å². The summed E-state index contributed by atoms with van der Waals surface area (Å²) in [6.07, 6.45) is 2.74. The number of benzene rings is 2. The summed E-state index contributed by atoms with van der Waals surface area (Å²) < 4.78 is 7.61. The van der Waals surface area contributed by atoms with E-state index >= 15 is 0 Å². The summed E-state index contributed by atoms with van der Waals surface area (Å²) in [7, 11) is 0. The molecule has 1 atom stereocenters. The normalized spacial score (nSPS) is 16.1. The lowest BCUT2D eigenvalue weighted by Gasteiger charge is -2.25. The van der Waals surface area contributed by atoms with Crippen LogP contribution in [-0.4, -0.2) is 22.3 Å². The Balaban J connectivity index is 1.53. The molecule has 1 aliphatic heterocycles. The summed E-state index contributed by atoms with van der Waals surface area (Å²) in [4.78, 5) is 12.7. The minimum Gasteiger partial charge on any atom is -0.373 e. The molecule has 1 aliphatic rings. The van der Waals surface area contributed by atoms with Gasteiger partial charge in [-0.3, -0.25) is 4.79 Å². The Morgan fingerprint density at radius 3 is 2.81 bits per heavy atom. The van der Waals surface area contributed by atoms with Crippen molar-refractivity contribution in [1.29, 1.82) is 0 Å². The van der Waals surface area contributed by atoms with Crippen molar-refractivity contribution >= 4 is 11.7 Å². The number of amides is 1. The van der Waals surface area contributed by atoms with Crippen LogP contribution in [0, 0.1) is 6.92 Å². The van der Waals surface area contributed by atoms with E-state index in [9.17, 15) is 4.79 Å². The van der Waals surface area contributed by atoms with Gasteiger partial charge < -0.3 is 10.1 Å². The number of nitrogens with one attached hydrogen (secondary N) is 1. The van der Waals surface area contributed by atoms with Crippen LogP contribution >= 0.6 is 0 Å². The van der Waals surface area contributed by atoms with Gasteiger partial charge in [0.2, 0.25) is 5.91 Å². The van der Waals surface area contributed by atoms with Gasteiger partial charge in [0.1, 0.15) is 5.82 Å². The zero-order valence-electron chi connectivity index (χ0n) is 14.7. The number of anilines is 1. The largest absolute Gasteiger partial charge is 0.373 e. The van der Waals surface area contributed by atoms with Gasteiger partial charge in [0, 0.05) is 5.56 Å². The Bertz CT molecular complexity index is 918. The molecule has 4 rings (SSSR count). The number of carbonyl (C=O) groups excluding carboxylic acids is 1. The molecule has 0 saturated carbocycles. The van der Waals surface area contributed by atoms with Crippen molar-refractivity contribution in [2.45, 2.75) is 25.9 Å². The van der Waals surface area contributed by atoms with Gasteiger partial charge >= 0.3 is 0 Å². The fourth-order valence-corrected chi connectivity index (χ4v) is 3.34. The average Bonchev–Trinajstić information content (AvgIpc) is 3.03. The first-order valence-corrected chi connectivity index (χ1v) is 8.81. The van der Waals surface area contributed by atoms with Crippen molar-refractivity contribution in [3.05, 3.63) is 77.5 Å². The summed E-state index contributed by atoms with van der Waals surface area (Å²) >= 11 is 0. The Labute approximate surface area is 152 Å². The van der Waals surface area contributed by atoms with E-state index in [1.807, 2.05) is 55.5 Å². The summed E-state index contributed by atoms with van der Waals surface area (Å²) in [6, 6.07) is 18.0. The van der Waals surface area contributed by atoms with Gasteiger partial charge in [-0.2, -0.15) is 5.10 Å². The molecule has 2 heterocycles. The molecule has 1 unspecified atom stereocenters. The van der Waals surface area contributed by atoms with Crippen molar-refractivity contribution in [3.8, 4) is 5.69 Å². The molecular weight excluding hydrogens is 326 g/mol. The molecule has 0 saturated heterocycles. The van der Waals surface area contributed by atoms with E-state index < -0.39 is 0 Å². The second-order valence-corrected chi connectivity index (χ2v) is 6.48. The van der Waals surface area contributed by atoms with Crippen LogP contribution in [0.4, 0.5) is 5.82 Å². The van der Waals surface area contributed by atoms with Crippen LogP contribution in [0.5, 0.6) is 0 Å². The van der Waals surface area contributed by atoms with E-state index in [2.05, 4.69) is 16.5 Å². The van der Waals surface area contributed by atoms with Gasteiger partial charge in [-0.15, -0.1) is 0 Å². The van der Waals surface area contributed by atoms with E-state index in [-0.39, 0.29) is 18.4 Å². The van der Waals surface area contributed by atoms with Crippen LogP contribution in [0.3, 0.4) is 0 Å². The van der Waals surface area contributed by atoms with Crippen molar-refractivity contribution in [2.24, 2.45) is 0 Å². The third-order valence-corrected chi connectivity index (χ3v) is 4.67. The lowest BCUT2D eigenvalue weighted by Crippen LogP contribution is -2.23. The number of ether oxygens (including phenoxy) is 1. The van der Waals surface area contributed by atoms with Crippen molar-refractivity contribution in [3.63, 3.8) is 0 Å². The minimum atomic E-state index is -0.201. The molecule has 5 nitrogen and oxygen atoms in total. The average molecular weight is 347 g/mol. The number of carbonyl (C=O) groups is 1. The zero-order chi connectivity index (χ0) is 17.9. The van der Waals surface area contributed by atoms with Crippen molar-refractivity contribution in [1.82, 2.24) is 9.78 Å². The highest BCUT2D eigenvalue weighted by molar-refractivity contribution is 5.91. The fourth-order valence-electron chi connectivity index (χ4n) is 3.34. The first-order valence-electron chi connectivity index (χ1n) is 8.81. The number of rotatable bonds is 4. The molecule has 132 valence electrons. The maximum atomic E-state index is 12.7. The molecule has 1 aromatic heterocycles. The van der Waals surface area contributed by atoms with E-state index in [0.29, 0.717) is 12.4 Å². The number of aromatic nitrogens is 2. The molecular formula is C21H21N3O2. The maximum Gasteiger partial charge on any atom is 0.228 e. The quantitative estimate of drug-likeness (QED) is 0.780. The summed E-state index contributed by atoms with van der Waals surface area (Å²) in [5, 5.41) is 7.41. The fraction of sp³-hybridized carbons (Fsp3) is 0.238. The first kappa shape index (κ1) is 16.5. The van der Waals surface area contributed by atoms with E-state index in [0.717, 1.165) is 23.2 Å². The molecule has 1 N–H and O–H groups in total. The second-order valence-electron chi connectivity index (χ2n) is 6.48. The van der Waals surface area contributed by atoms with Crippen LogP contribution < -0.4 is 5.32 Å². The Morgan fingerprint density at radius 2 is 1.96 bits per heavy atom. The summed E-state index contributed by atoms with van der Waals surface area (Å²) in [5.41, 5.74) is 4.21. The maximum absolute atomic E-state index is 12.7. The Kier molecular flexibility index (Phi) is 4.54. The van der Waals surface area contributed by atoms with Gasteiger partial charge in [-0.05, 0) is 36.6 Å². The first-order chi connectivity index (χ1) is 12.7. The number of hydrogen-bond donors (Lipinski definition) is 1. The SMILES string of the molecule is Cc1cnn(-c2ccccc2)c1NC(=O)CC1OCCc2ccccc21. The smallest absolute Gasteiger partial charge is 0.228 e. The van der Waals surface area contributed by atoms with Crippen LogP contribution in [0.15, 0.2) is 60.8 Å². The lowest BCUT2D eigenvalue weighted by atomic mass is 9.95. The molecule has 0 fully saturated rings. The zero-order valence-corrected chi connectivity index (χ0v) is 14.7. The molecule has 5 heteroatoms. The summed E-state index contributed by atoms with van der Waals surface area (Å²) in [5.74, 6) is 0.623. The highest BCUT2D eigenvalue weighted by Gasteiger charge is 2.24. The van der Waals surface area contributed by atoms with Gasteiger partial charge in [0.05, 0.1) is 31.0 Å². The molecule has 1 amide bonds. The molecule has 2 aromatic carbocycles. The predicted octanol–water partition coefficient (Wildman–Crippen LogP) is 3.82. The van der Waals surface area contributed by atoms with Crippen molar-refractivity contribution < 1.29 is 9.53 Å². The van der Waals surface area contributed by atoms with Gasteiger partial charge in [0.25, 0.3) is 0 Å². The minimum absolute atomic E-state index is 0.0764. The van der Waals surface area contributed by atoms with Gasteiger partial charge in [0.15, 0.2) is 0 Å². The standard InChI is InChI=1S/C21H21N3O2/c1-15-14-22-24(17-8-3-2-4-9-17)21(15)23-20(25)13-19-18-10-6-5-7-16(18)11-12-26-19/h2-10,14,19H,11-13H2,1H3,(H,23,25). The molecule has 3 aromatic rings. The molecule has 0 aliphatic carbocycles. The number of aryl methyl sites for hydroxylation is 1. The van der Waals surface area contributed by atoms with E-state index in [1.54, 1.807) is 10.9 Å². The van der Waals surface area contributed by atoms with E-state index in [4.69, 9.17) is 4.74 Å². The highest BCUT2D eigenvalue weighted by atomic mass is 16.5. The van der Waals surface area contributed by atoms with Crippen molar-refractivity contribution in [2.75, 3.05) is 11.9 Å². The second kappa shape index (κ2) is 7.14. The predicted molar refractivity (Wildman–Crippen MR) is 100 cm³/mol. The number of hydrogen-bond acceptors (Lipinski definition) is 3. The number of para-hydroxylation sites is 1. The molecule has 0 radical (unpaired) electrons. The highest BCUT2D eigenvalue weighted by Crippen LogP contribution is 2.30. The van der Waals surface area contributed by atoms with Gasteiger partial charge in [-0.1, -0.05) is 42.5 Å². The lowest BCUT2D eigenvalue weighted by molar-refractivity contribution is -0.119. The van der Waals surface area contributed by atoms with Gasteiger partial charge in [-0.25, -0.2) is 4.68 Å². The Morgan fingerprint density at radius 1 is 1.19 bits per heavy atom. The third-order valence-electron chi connectivity index (χ3n) is 4.67. The topological polar surface area (TPSA) is 56.2 Å². The number of fused-ring (bicyclic) bond motifs is 1. The summed E-state index contributed by atoms with van der Waals surface area (Å²) in [6.45, 7) is 2.59. The molecule has 0 bridgehead atoms. The molecule has 26 heavy (non-hydrogen) atoms. The van der Waals surface area contributed by atoms with Crippen LogP contribution in [0.1, 0.15) is 29.2 Å². The van der Waals surface area contributed by atoms with Crippen LogP contribution in [0.25, 0.3) is 5.69 Å². The third kappa shape index (κ3) is 3.26. The molecule has 0 spiro atoms. The number of nitrogens with zero attached hydrogens (tertiary/aromatic N) is 2.